The van der Waals surface area contributed by atoms with Gasteiger partial charge in [-0.3, -0.25) is 0 Å². The molecule has 0 aliphatic heterocycles. The van der Waals surface area contributed by atoms with Gasteiger partial charge in [-0.25, -0.2) is 4.98 Å². The molecule has 1 aromatic heterocycles. The Balaban J connectivity index is 2.65. The number of aromatic nitrogens is 2. The van der Waals surface area contributed by atoms with E-state index < -0.39 is 7.32 Å². The van der Waals surface area contributed by atoms with E-state index in [1.54, 1.807) is 7.05 Å². The first kappa shape index (κ1) is 7.11. The lowest BCUT2D eigenvalue weighted by molar-refractivity contribution is 0.279. The van der Waals surface area contributed by atoms with Gasteiger partial charge in [0.15, 0.2) is 5.88 Å². The summed E-state index contributed by atoms with van der Waals surface area (Å²) in [6.07, 6.45) is 2.89. The average Bonchev–Trinajstić information content (AvgIpc) is 2.15. The molecular weight excluding hydrogens is 135 g/mol. The van der Waals surface area contributed by atoms with E-state index in [4.69, 9.17) is 10.0 Å². The van der Waals surface area contributed by atoms with Crippen molar-refractivity contribution in [1.82, 2.24) is 9.55 Å². The Morgan fingerprint density at radius 2 is 2.40 bits per heavy atom. The Bertz CT molecular complexity index is 212. The number of rotatable bonds is 2. The molecule has 0 aromatic carbocycles. The van der Waals surface area contributed by atoms with Gasteiger partial charge in [-0.1, -0.05) is 0 Å². The van der Waals surface area contributed by atoms with Crippen LogP contribution in [0.15, 0.2) is 12.5 Å². The molecule has 0 saturated heterocycles. The van der Waals surface area contributed by atoms with Gasteiger partial charge in [0.2, 0.25) is 0 Å². The lowest BCUT2D eigenvalue weighted by Gasteiger charge is -2.02. The van der Waals surface area contributed by atoms with Crippen LogP contribution in [0, 0.1) is 0 Å². The van der Waals surface area contributed by atoms with Crippen molar-refractivity contribution in [3.63, 3.8) is 0 Å². The molecule has 0 aliphatic rings. The zero-order valence-corrected chi connectivity index (χ0v) is 5.43. The van der Waals surface area contributed by atoms with Crippen molar-refractivity contribution < 1.29 is 14.7 Å². The second-order valence-corrected chi connectivity index (χ2v) is 1.79. The van der Waals surface area contributed by atoms with Crippen LogP contribution in [0.1, 0.15) is 0 Å². The Morgan fingerprint density at radius 3 is 2.80 bits per heavy atom. The highest BCUT2D eigenvalue weighted by Crippen LogP contribution is 2.05. The maximum atomic E-state index is 8.34. The Kier molecular flexibility index (Phi) is 1.93. The molecule has 0 amide bonds. The molecule has 1 aromatic rings. The normalized spacial score (nSPS) is 9.50. The van der Waals surface area contributed by atoms with E-state index in [1.165, 1.54) is 17.1 Å². The Labute approximate surface area is 58.1 Å². The largest absolute Gasteiger partial charge is 0.708 e. The molecule has 54 valence electrons. The van der Waals surface area contributed by atoms with Gasteiger partial charge in [-0.15, -0.1) is 0 Å². The standard InChI is InChI=1S/C4H7BN2O3/c1-7-3-6-2-4(7)10-5(8)9/h2-3,8-9H,1H3. The predicted molar refractivity (Wildman–Crippen MR) is 34.0 cm³/mol. The number of hydrogen-bond donors (Lipinski definition) is 2. The summed E-state index contributed by atoms with van der Waals surface area (Å²) in [6.45, 7) is 0. The first-order chi connectivity index (χ1) is 4.70. The third kappa shape index (κ3) is 1.49. The summed E-state index contributed by atoms with van der Waals surface area (Å²) in [5.74, 6) is 0.315. The first-order valence-electron chi connectivity index (χ1n) is 2.69. The predicted octanol–water partition coefficient (Wildman–Crippen LogP) is -1.23. The molecule has 1 rings (SSSR count). The van der Waals surface area contributed by atoms with Crippen molar-refractivity contribution in [3.05, 3.63) is 12.5 Å². The topological polar surface area (TPSA) is 67.5 Å². The van der Waals surface area contributed by atoms with E-state index in [2.05, 4.69) is 9.64 Å². The third-order valence-electron chi connectivity index (χ3n) is 0.999. The van der Waals surface area contributed by atoms with Crippen LogP contribution >= 0.6 is 0 Å². The summed E-state index contributed by atoms with van der Waals surface area (Å²) in [5.41, 5.74) is 0. The van der Waals surface area contributed by atoms with Crippen LogP contribution in [-0.2, 0) is 7.05 Å². The van der Waals surface area contributed by atoms with Crippen molar-refractivity contribution in [3.8, 4) is 5.88 Å². The van der Waals surface area contributed by atoms with Crippen LogP contribution in [0.2, 0.25) is 0 Å². The van der Waals surface area contributed by atoms with Gasteiger partial charge in [0.25, 0.3) is 0 Å². The Hall–Kier alpha value is -1.01. The maximum absolute atomic E-state index is 8.34. The van der Waals surface area contributed by atoms with E-state index in [0.717, 1.165) is 0 Å². The van der Waals surface area contributed by atoms with Crippen molar-refractivity contribution in [2.45, 2.75) is 0 Å². The van der Waals surface area contributed by atoms with E-state index in [0.29, 0.717) is 5.88 Å². The van der Waals surface area contributed by atoms with Crippen LogP contribution < -0.4 is 4.65 Å². The van der Waals surface area contributed by atoms with Crippen LogP contribution in [0.4, 0.5) is 0 Å². The number of aryl methyl sites for hydroxylation is 1. The number of hydrogen-bond acceptors (Lipinski definition) is 4. The fourth-order valence-corrected chi connectivity index (χ4v) is 0.567. The van der Waals surface area contributed by atoms with Crippen molar-refractivity contribution in [2.75, 3.05) is 0 Å². The zero-order chi connectivity index (χ0) is 7.56. The fourth-order valence-electron chi connectivity index (χ4n) is 0.567. The molecule has 0 radical (unpaired) electrons. The van der Waals surface area contributed by atoms with Gasteiger partial charge in [0.05, 0.1) is 12.5 Å². The van der Waals surface area contributed by atoms with Crippen LogP contribution in [0.3, 0.4) is 0 Å². The van der Waals surface area contributed by atoms with Gasteiger partial charge in [0.1, 0.15) is 0 Å². The number of imidazole rings is 1. The molecule has 0 bridgehead atoms. The van der Waals surface area contributed by atoms with Gasteiger partial charge < -0.3 is 19.3 Å². The lowest BCUT2D eigenvalue weighted by atomic mass is 10.3. The minimum Gasteiger partial charge on any atom is -0.498 e. The minimum absolute atomic E-state index is 0.315. The molecule has 0 aliphatic carbocycles. The van der Waals surface area contributed by atoms with E-state index in [-0.39, 0.29) is 0 Å². The van der Waals surface area contributed by atoms with Gasteiger partial charge in [0, 0.05) is 7.05 Å². The summed E-state index contributed by atoms with van der Waals surface area (Å²) in [5, 5.41) is 16.7. The van der Waals surface area contributed by atoms with Crippen molar-refractivity contribution in [1.29, 1.82) is 0 Å². The molecular formula is C4H7BN2O3. The zero-order valence-electron chi connectivity index (χ0n) is 5.43. The fraction of sp³-hybridized carbons (Fsp3) is 0.250. The van der Waals surface area contributed by atoms with Crippen LogP contribution in [0.5, 0.6) is 5.88 Å². The monoisotopic (exact) mass is 142 g/mol. The minimum atomic E-state index is -1.78. The molecule has 6 heteroatoms. The second-order valence-electron chi connectivity index (χ2n) is 1.79. The Morgan fingerprint density at radius 1 is 1.70 bits per heavy atom. The lowest BCUT2D eigenvalue weighted by Crippen LogP contribution is -2.21. The summed E-state index contributed by atoms with van der Waals surface area (Å²) < 4.78 is 6.02. The molecule has 0 atom stereocenters. The highest BCUT2D eigenvalue weighted by atomic mass is 16.6. The molecule has 5 nitrogen and oxygen atoms in total. The first-order valence-corrected chi connectivity index (χ1v) is 2.69. The molecule has 0 unspecified atom stereocenters. The second kappa shape index (κ2) is 2.72. The highest BCUT2D eigenvalue weighted by molar-refractivity contribution is 6.33. The third-order valence-corrected chi connectivity index (χ3v) is 0.999. The SMILES string of the molecule is Cn1cncc1OB(O)O. The summed E-state index contributed by atoms with van der Waals surface area (Å²) in [4.78, 5) is 3.69. The van der Waals surface area contributed by atoms with Gasteiger partial charge in [-0.2, -0.15) is 0 Å². The molecule has 1 heterocycles. The molecule has 2 N–H and O–H groups in total. The van der Waals surface area contributed by atoms with E-state index in [9.17, 15) is 0 Å². The average molecular weight is 142 g/mol. The van der Waals surface area contributed by atoms with Crippen molar-refractivity contribution >= 4 is 7.32 Å². The quantitative estimate of drug-likeness (QED) is 0.507. The molecule has 0 fully saturated rings. The van der Waals surface area contributed by atoms with Crippen LogP contribution in [-0.4, -0.2) is 26.9 Å². The highest BCUT2D eigenvalue weighted by Gasteiger charge is 2.12. The summed E-state index contributed by atoms with van der Waals surface area (Å²) in [7, 11) is -0.0968. The van der Waals surface area contributed by atoms with E-state index in [1.807, 2.05) is 0 Å². The van der Waals surface area contributed by atoms with Crippen LogP contribution in [0.25, 0.3) is 0 Å². The van der Waals surface area contributed by atoms with Crippen molar-refractivity contribution in [2.24, 2.45) is 7.05 Å². The number of nitrogens with zero attached hydrogens (tertiary/aromatic N) is 2. The summed E-state index contributed by atoms with van der Waals surface area (Å²) in [6, 6.07) is 0. The molecule has 0 spiro atoms. The van der Waals surface area contributed by atoms with Gasteiger partial charge in [-0.05, 0) is 0 Å². The smallest absolute Gasteiger partial charge is 0.498 e. The summed E-state index contributed by atoms with van der Waals surface area (Å²) >= 11 is 0. The molecule has 0 saturated carbocycles. The maximum Gasteiger partial charge on any atom is 0.708 e. The molecule has 10 heavy (non-hydrogen) atoms. The van der Waals surface area contributed by atoms with Gasteiger partial charge >= 0.3 is 7.32 Å². The van der Waals surface area contributed by atoms with E-state index >= 15 is 0 Å².